The van der Waals surface area contributed by atoms with Gasteiger partial charge in [-0.1, -0.05) is 30.3 Å². The highest BCUT2D eigenvalue weighted by atomic mass is 15.6. The van der Waals surface area contributed by atoms with E-state index < -0.39 is 5.54 Å². The van der Waals surface area contributed by atoms with Gasteiger partial charge in [-0.15, -0.1) is 5.10 Å². The Bertz CT molecular complexity index is 761. The molecule has 0 bridgehead atoms. The van der Waals surface area contributed by atoms with Gasteiger partial charge in [-0.25, -0.2) is 0 Å². The van der Waals surface area contributed by atoms with E-state index in [1.54, 1.807) is 4.68 Å². The summed E-state index contributed by atoms with van der Waals surface area (Å²) in [6.45, 7) is 6.19. The molecule has 5 nitrogen and oxygen atoms in total. The third-order valence-electron chi connectivity index (χ3n) is 3.51. The first-order valence-corrected chi connectivity index (χ1v) is 7.25. The van der Waals surface area contributed by atoms with Crippen molar-refractivity contribution in [3.05, 3.63) is 66.0 Å². The van der Waals surface area contributed by atoms with Gasteiger partial charge in [-0.2, -0.15) is 4.68 Å². The molecule has 1 N–H and O–H groups in total. The van der Waals surface area contributed by atoms with Crippen molar-refractivity contribution >= 4 is 5.69 Å². The molecule has 3 aromatic rings. The fourth-order valence-electron chi connectivity index (χ4n) is 2.45. The van der Waals surface area contributed by atoms with E-state index in [0.29, 0.717) is 0 Å². The number of rotatable bonds is 4. The van der Waals surface area contributed by atoms with E-state index in [0.717, 1.165) is 17.2 Å². The molecule has 0 atom stereocenters. The summed E-state index contributed by atoms with van der Waals surface area (Å²) >= 11 is 0. The maximum atomic E-state index is 4.23. The summed E-state index contributed by atoms with van der Waals surface area (Å²) in [7, 11) is 0. The van der Waals surface area contributed by atoms with Crippen LogP contribution in [0.3, 0.4) is 0 Å². The van der Waals surface area contributed by atoms with E-state index in [9.17, 15) is 0 Å². The van der Waals surface area contributed by atoms with Crippen molar-refractivity contribution in [2.45, 2.75) is 26.3 Å². The average Bonchev–Trinajstić information content (AvgIpc) is 2.98. The van der Waals surface area contributed by atoms with Crippen LogP contribution < -0.4 is 5.32 Å². The number of nitrogens with one attached hydrogen (secondary N) is 1. The minimum absolute atomic E-state index is 0.408. The maximum absolute atomic E-state index is 4.23. The molecule has 3 rings (SSSR count). The van der Waals surface area contributed by atoms with Crippen LogP contribution in [0.15, 0.2) is 54.6 Å². The number of hydrogen-bond acceptors (Lipinski definition) is 4. The zero-order chi connectivity index (χ0) is 15.6. The summed E-state index contributed by atoms with van der Waals surface area (Å²) in [5.74, 6) is 0.766. The van der Waals surface area contributed by atoms with E-state index in [4.69, 9.17) is 0 Å². The molecule has 0 aliphatic carbocycles. The quantitative estimate of drug-likeness (QED) is 0.801. The molecule has 1 aromatic heterocycles. The molecule has 0 saturated heterocycles. The van der Waals surface area contributed by atoms with Crippen molar-refractivity contribution in [3.63, 3.8) is 0 Å². The molecule has 112 valence electrons. The lowest BCUT2D eigenvalue weighted by atomic mass is 10.0. The predicted molar refractivity (Wildman–Crippen MR) is 87.0 cm³/mol. The second-order valence-corrected chi connectivity index (χ2v) is 5.87. The molecule has 2 aromatic carbocycles. The second-order valence-electron chi connectivity index (χ2n) is 5.87. The first-order chi connectivity index (χ1) is 10.6. The van der Waals surface area contributed by atoms with Crippen LogP contribution >= 0.6 is 0 Å². The molecule has 0 unspecified atom stereocenters. The lowest BCUT2D eigenvalue weighted by Gasteiger charge is -2.26. The van der Waals surface area contributed by atoms with E-state index >= 15 is 0 Å². The molecule has 22 heavy (non-hydrogen) atoms. The standard InChI is InChI=1S/C17H19N5/c1-13-8-7-11-15(12-13)22-16(19-20-21-22)17(2,3)18-14-9-5-4-6-10-14/h4-12,18H,1-3H3. The Kier molecular flexibility index (Phi) is 3.63. The second kappa shape index (κ2) is 5.60. The normalized spacial score (nSPS) is 11.4. The van der Waals surface area contributed by atoms with Crippen LogP contribution in [0.4, 0.5) is 5.69 Å². The van der Waals surface area contributed by atoms with Gasteiger partial charge in [0.1, 0.15) is 0 Å². The minimum Gasteiger partial charge on any atom is -0.373 e. The summed E-state index contributed by atoms with van der Waals surface area (Å²) in [4.78, 5) is 0. The molecule has 0 saturated carbocycles. The van der Waals surface area contributed by atoms with Crippen LogP contribution in [0.2, 0.25) is 0 Å². The Morgan fingerprint density at radius 2 is 1.77 bits per heavy atom. The fraction of sp³-hybridized carbons (Fsp3) is 0.235. The topological polar surface area (TPSA) is 55.6 Å². The number of anilines is 1. The third-order valence-corrected chi connectivity index (χ3v) is 3.51. The number of hydrogen-bond donors (Lipinski definition) is 1. The van der Waals surface area contributed by atoms with Gasteiger partial charge >= 0.3 is 0 Å². The van der Waals surface area contributed by atoms with Gasteiger partial charge in [0, 0.05) is 5.69 Å². The van der Waals surface area contributed by atoms with Gasteiger partial charge in [-0.3, -0.25) is 0 Å². The molecule has 0 amide bonds. The van der Waals surface area contributed by atoms with Gasteiger partial charge in [-0.05, 0) is 61.0 Å². The van der Waals surface area contributed by atoms with E-state index in [-0.39, 0.29) is 0 Å². The molecule has 5 heteroatoms. The lowest BCUT2D eigenvalue weighted by molar-refractivity contribution is 0.542. The molecule has 0 fully saturated rings. The van der Waals surface area contributed by atoms with Crippen molar-refractivity contribution in [3.8, 4) is 5.69 Å². The van der Waals surface area contributed by atoms with Crippen LogP contribution in [0, 0.1) is 6.92 Å². The number of aromatic nitrogens is 4. The zero-order valence-corrected chi connectivity index (χ0v) is 13.0. The van der Waals surface area contributed by atoms with Crippen molar-refractivity contribution in [2.24, 2.45) is 0 Å². The monoisotopic (exact) mass is 293 g/mol. The summed E-state index contributed by atoms with van der Waals surface area (Å²) in [5.41, 5.74) is 2.76. The van der Waals surface area contributed by atoms with Crippen molar-refractivity contribution < 1.29 is 0 Å². The van der Waals surface area contributed by atoms with Crippen LogP contribution in [0.25, 0.3) is 5.69 Å². The van der Waals surface area contributed by atoms with E-state index in [1.807, 2.05) is 42.5 Å². The molecule has 0 aliphatic heterocycles. The highest BCUT2D eigenvalue weighted by Gasteiger charge is 2.28. The van der Waals surface area contributed by atoms with Gasteiger partial charge in [0.15, 0.2) is 5.82 Å². The third kappa shape index (κ3) is 2.83. The summed E-state index contributed by atoms with van der Waals surface area (Å²) in [6, 6.07) is 18.2. The summed E-state index contributed by atoms with van der Waals surface area (Å²) in [6.07, 6.45) is 0. The lowest BCUT2D eigenvalue weighted by Crippen LogP contribution is -2.31. The van der Waals surface area contributed by atoms with Crippen LogP contribution in [-0.4, -0.2) is 20.2 Å². The predicted octanol–water partition coefficient (Wildman–Crippen LogP) is 3.32. The highest BCUT2D eigenvalue weighted by Crippen LogP contribution is 2.25. The molecular weight excluding hydrogens is 274 g/mol. The molecule has 1 heterocycles. The Hall–Kier alpha value is -2.69. The van der Waals surface area contributed by atoms with Gasteiger partial charge in [0.25, 0.3) is 0 Å². The first-order valence-electron chi connectivity index (χ1n) is 7.25. The Labute approximate surface area is 130 Å². The molecule has 0 aliphatic rings. The maximum Gasteiger partial charge on any atom is 0.181 e. The molecular formula is C17H19N5. The summed E-state index contributed by atoms with van der Waals surface area (Å²) < 4.78 is 1.78. The highest BCUT2D eigenvalue weighted by molar-refractivity contribution is 5.46. The van der Waals surface area contributed by atoms with Gasteiger partial charge in [0.2, 0.25) is 0 Å². The van der Waals surface area contributed by atoms with Gasteiger partial charge < -0.3 is 5.32 Å². The fourth-order valence-corrected chi connectivity index (χ4v) is 2.45. The Balaban J connectivity index is 1.97. The Morgan fingerprint density at radius 1 is 1.00 bits per heavy atom. The van der Waals surface area contributed by atoms with Crippen molar-refractivity contribution in [1.29, 1.82) is 0 Å². The average molecular weight is 293 g/mol. The molecule has 0 spiro atoms. The SMILES string of the molecule is Cc1cccc(-n2nnnc2C(C)(C)Nc2ccccc2)c1. The number of nitrogens with zero attached hydrogens (tertiary/aromatic N) is 4. The number of aryl methyl sites for hydroxylation is 1. The van der Waals surface area contributed by atoms with Crippen molar-refractivity contribution in [2.75, 3.05) is 5.32 Å². The van der Waals surface area contributed by atoms with Crippen molar-refractivity contribution in [1.82, 2.24) is 20.2 Å². The Morgan fingerprint density at radius 3 is 2.50 bits per heavy atom. The smallest absolute Gasteiger partial charge is 0.181 e. The minimum atomic E-state index is -0.408. The van der Waals surface area contributed by atoms with Crippen LogP contribution in [0.1, 0.15) is 25.2 Å². The summed E-state index contributed by atoms with van der Waals surface area (Å²) in [5, 5.41) is 15.7. The number of tetrazole rings is 1. The first kappa shape index (κ1) is 14.3. The van der Waals surface area contributed by atoms with Crippen LogP contribution in [0.5, 0.6) is 0 Å². The zero-order valence-electron chi connectivity index (χ0n) is 13.0. The molecule has 0 radical (unpaired) electrons. The van der Waals surface area contributed by atoms with E-state index in [2.05, 4.69) is 53.7 Å². The van der Waals surface area contributed by atoms with Gasteiger partial charge in [0.05, 0.1) is 11.2 Å². The van der Waals surface area contributed by atoms with Crippen LogP contribution in [-0.2, 0) is 5.54 Å². The van der Waals surface area contributed by atoms with E-state index in [1.165, 1.54) is 5.56 Å². The number of para-hydroxylation sites is 1. The number of benzene rings is 2. The largest absolute Gasteiger partial charge is 0.373 e.